The van der Waals surface area contributed by atoms with Gasteiger partial charge in [0.1, 0.15) is 5.82 Å². The Morgan fingerprint density at radius 2 is 2.09 bits per heavy atom. The number of primary amides is 1. The number of nitrogens with zero attached hydrogens (tertiary/aromatic N) is 2. The highest BCUT2D eigenvalue weighted by molar-refractivity contribution is 6.08. The molecule has 3 N–H and O–H groups in total. The van der Waals surface area contributed by atoms with E-state index in [4.69, 9.17) is 5.73 Å². The molecule has 1 aromatic heterocycles. The molecule has 0 spiro atoms. The predicted molar refractivity (Wildman–Crippen MR) is 84.7 cm³/mol. The topological polar surface area (TPSA) is 90.0 Å². The Kier molecular flexibility index (Phi) is 4.78. The van der Waals surface area contributed by atoms with Gasteiger partial charge in [0.15, 0.2) is 0 Å². The molecule has 122 valence electrons. The highest BCUT2D eigenvalue weighted by Crippen LogP contribution is 2.21. The maximum Gasteiger partial charge on any atom is 0.258 e. The number of carbonyl (C=O) groups is 2. The molecule has 23 heavy (non-hydrogen) atoms. The minimum absolute atomic E-state index is 0.0731. The number of carbonyl (C=O) groups excluding carboxylic acids is 2. The third-order valence-electron chi connectivity index (χ3n) is 3.26. The van der Waals surface area contributed by atoms with E-state index in [1.54, 1.807) is 10.9 Å². The van der Waals surface area contributed by atoms with Gasteiger partial charge in [-0.3, -0.25) is 14.3 Å². The Morgan fingerprint density at radius 1 is 1.39 bits per heavy atom. The number of nitrogens with two attached hydrogens (primary N) is 1. The maximum absolute atomic E-state index is 13.6. The summed E-state index contributed by atoms with van der Waals surface area (Å²) in [6.45, 7) is 6.32. The van der Waals surface area contributed by atoms with Gasteiger partial charge in [-0.15, -0.1) is 0 Å². The Hall–Kier alpha value is -2.70. The van der Waals surface area contributed by atoms with E-state index in [0.29, 0.717) is 23.6 Å². The minimum Gasteiger partial charge on any atom is -0.366 e. The van der Waals surface area contributed by atoms with Crippen molar-refractivity contribution >= 4 is 17.5 Å². The fourth-order valence-electron chi connectivity index (χ4n) is 2.14. The summed E-state index contributed by atoms with van der Waals surface area (Å²) in [6, 6.07) is 2.40. The SMILES string of the molecule is Cc1cc(NC(=O)c2cnn(CC(C)C)c2)c(C(N)=O)cc1F. The van der Waals surface area contributed by atoms with Gasteiger partial charge in [0.2, 0.25) is 0 Å². The standard InChI is InChI=1S/C16H19FN4O2/c1-9(2)7-21-8-11(6-19-21)16(23)20-14-4-10(3)13(17)5-12(14)15(18)22/h4-6,8-9H,7H2,1-3H3,(H2,18,22)(H,20,23). The van der Waals surface area contributed by atoms with Crippen molar-refractivity contribution in [2.75, 3.05) is 5.32 Å². The molecular weight excluding hydrogens is 299 g/mol. The molecule has 6 nitrogen and oxygen atoms in total. The predicted octanol–water partition coefficient (Wildman–Crippen LogP) is 2.34. The molecule has 2 aromatic rings. The van der Waals surface area contributed by atoms with Gasteiger partial charge in [0, 0.05) is 12.7 Å². The third kappa shape index (κ3) is 3.94. The zero-order valence-electron chi connectivity index (χ0n) is 13.3. The Morgan fingerprint density at radius 3 is 2.70 bits per heavy atom. The van der Waals surface area contributed by atoms with Gasteiger partial charge < -0.3 is 11.1 Å². The number of aryl methyl sites for hydroxylation is 1. The van der Waals surface area contributed by atoms with Gasteiger partial charge in [0.05, 0.1) is 23.0 Å². The molecule has 0 radical (unpaired) electrons. The number of rotatable bonds is 5. The zero-order valence-corrected chi connectivity index (χ0v) is 13.3. The van der Waals surface area contributed by atoms with Crippen LogP contribution in [0.4, 0.5) is 10.1 Å². The summed E-state index contributed by atoms with van der Waals surface area (Å²) < 4.78 is 15.2. The van der Waals surface area contributed by atoms with E-state index in [2.05, 4.69) is 10.4 Å². The largest absolute Gasteiger partial charge is 0.366 e. The van der Waals surface area contributed by atoms with E-state index in [0.717, 1.165) is 6.07 Å². The molecule has 0 saturated carbocycles. The lowest BCUT2D eigenvalue weighted by molar-refractivity contribution is 0.100. The van der Waals surface area contributed by atoms with Crippen LogP contribution >= 0.6 is 0 Å². The van der Waals surface area contributed by atoms with Gasteiger partial charge in [-0.2, -0.15) is 5.10 Å². The zero-order chi connectivity index (χ0) is 17.1. The molecule has 2 amide bonds. The molecule has 0 fully saturated rings. The first-order valence-corrected chi connectivity index (χ1v) is 7.21. The number of hydrogen-bond acceptors (Lipinski definition) is 3. The molecule has 1 heterocycles. The van der Waals surface area contributed by atoms with Crippen LogP contribution in [0.15, 0.2) is 24.5 Å². The number of benzene rings is 1. The van der Waals surface area contributed by atoms with Gasteiger partial charge >= 0.3 is 0 Å². The number of nitrogens with one attached hydrogen (secondary N) is 1. The van der Waals surface area contributed by atoms with E-state index in [1.807, 2.05) is 13.8 Å². The smallest absolute Gasteiger partial charge is 0.258 e. The van der Waals surface area contributed by atoms with Crippen LogP contribution < -0.4 is 11.1 Å². The molecule has 7 heteroatoms. The van der Waals surface area contributed by atoms with Crippen LogP contribution in [-0.4, -0.2) is 21.6 Å². The first-order valence-electron chi connectivity index (χ1n) is 7.21. The molecule has 0 unspecified atom stereocenters. The van der Waals surface area contributed by atoms with E-state index in [1.165, 1.54) is 19.2 Å². The summed E-state index contributed by atoms with van der Waals surface area (Å²) in [4.78, 5) is 23.7. The molecule has 1 aromatic carbocycles. The highest BCUT2D eigenvalue weighted by atomic mass is 19.1. The van der Waals surface area contributed by atoms with E-state index in [-0.39, 0.29) is 11.3 Å². The van der Waals surface area contributed by atoms with Crippen molar-refractivity contribution in [2.24, 2.45) is 11.7 Å². The number of halogens is 1. The molecule has 0 aliphatic heterocycles. The number of hydrogen-bond donors (Lipinski definition) is 2. The van der Waals surface area contributed by atoms with Crippen molar-refractivity contribution in [2.45, 2.75) is 27.3 Å². The van der Waals surface area contributed by atoms with Crippen LogP contribution in [0.25, 0.3) is 0 Å². The number of anilines is 1. The van der Waals surface area contributed by atoms with Crippen molar-refractivity contribution in [3.05, 3.63) is 47.0 Å². The summed E-state index contributed by atoms with van der Waals surface area (Å²) in [5, 5.41) is 6.70. The first-order chi connectivity index (χ1) is 10.8. The normalized spacial score (nSPS) is 10.8. The molecule has 2 rings (SSSR count). The van der Waals surface area contributed by atoms with Gasteiger partial charge in [-0.1, -0.05) is 13.8 Å². The first kappa shape index (κ1) is 16.7. The van der Waals surface area contributed by atoms with Crippen LogP contribution in [-0.2, 0) is 6.54 Å². The molecule has 0 saturated heterocycles. The molecular formula is C16H19FN4O2. The van der Waals surface area contributed by atoms with Gasteiger partial charge in [-0.05, 0) is 30.5 Å². The van der Waals surface area contributed by atoms with Crippen molar-refractivity contribution < 1.29 is 14.0 Å². The summed E-state index contributed by atoms with van der Waals surface area (Å²) in [6.07, 6.45) is 3.06. The van der Waals surface area contributed by atoms with Crippen molar-refractivity contribution in [3.8, 4) is 0 Å². The second-order valence-electron chi connectivity index (χ2n) is 5.81. The second-order valence-corrected chi connectivity index (χ2v) is 5.81. The summed E-state index contributed by atoms with van der Waals surface area (Å²) in [5.74, 6) is -1.41. The van der Waals surface area contributed by atoms with Crippen molar-refractivity contribution in [1.29, 1.82) is 0 Å². The Bertz CT molecular complexity index is 753. The van der Waals surface area contributed by atoms with E-state index in [9.17, 15) is 14.0 Å². The lowest BCUT2D eigenvalue weighted by atomic mass is 10.1. The average molecular weight is 318 g/mol. The van der Waals surface area contributed by atoms with Crippen LogP contribution in [0.5, 0.6) is 0 Å². The van der Waals surface area contributed by atoms with Gasteiger partial charge in [0.25, 0.3) is 11.8 Å². The summed E-state index contributed by atoms with van der Waals surface area (Å²) in [5.41, 5.74) is 6.00. The third-order valence-corrected chi connectivity index (χ3v) is 3.26. The Labute approximate surface area is 133 Å². The van der Waals surface area contributed by atoms with Crippen LogP contribution in [0.1, 0.15) is 40.1 Å². The number of aromatic nitrogens is 2. The van der Waals surface area contributed by atoms with E-state index >= 15 is 0 Å². The lowest BCUT2D eigenvalue weighted by Crippen LogP contribution is -2.18. The second kappa shape index (κ2) is 6.60. The minimum atomic E-state index is -0.810. The summed E-state index contributed by atoms with van der Waals surface area (Å²) >= 11 is 0. The lowest BCUT2D eigenvalue weighted by Gasteiger charge is -2.10. The van der Waals surface area contributed by atoms with Crippen LogP contribution in [0.3, 0.4) is 0 Å². The van der Waals surface area contributed by atoms with Gasteiger partial charge in [-0.25, -0.2) is 4.39 Å². The highest BCUT2D eigenvalue weighted by Gasteiger charge is 2.16. The van der Waals surface area contributed by atoms with E-state index < -0.39 is 17.6 Å². The molecule has 0 atom stereocenters. The number of amides is 2. The average Bonchev–Trinajstić information content (AvgIpc) is 2.90. The van der Waals surface area contributed by atoms with Crippen LogP contribution in [0.2, 0.25) is 0 Å². The quantitative estimate of drug-likeness (QED) is 0.886. The molecule has 0 aliphatic carbocycles. The van der Waals surface area contributed by atoms with Crippen molar-refractivity contribution in [3.63, 3.8) is 0 Å². The van der Waals surface area contributed by atoms with Crippen molar-refractivity contribution in [1.82, 2.24) is 9.78 Å². The summed E-state index contributed by atoms with van der Waals surface area (Å²) in [7, 11) is 0. The maximum atomic E-state index is 13.6. The fourth-order valence-corrected chi connectivity index (χ4v) is 2.14. The molecule has 0 bridgehead atoms. The Balaban J connectivity index is 2.24. The fraction of sp³-hybridized carbons (Fsp3) is 0.312. The van der Waals surface area contributed by atoms with Crippen LogP contribution in [0, 0.1) is 18.7 Å². The molecule has 0 aliphatic rings. The monoisotopic (exact) mass is 318 g/mol.